The summed E-state index contributed by atoms with van der Waals surface area (Å²) >= 11 is 2.17. The standard InChI is InChI=1S/C16H17NO5S2/c1-10(18)24-13(15(20)11-5-3-2-4-6-11)7-14(19)17-9-23-8-12(17)16(21)22/h2-6,12-13H,7-9H2,1H3,(H,21,22)/t12-,13?/m0/s1. The molecular weight excluding hydrogens is 350 g/mol. The van der Waals surface area contributed by atoms with Gasteiger partial charge in [0.1, 0.15) is 6.04 Å². The first kappa shape index (κ1) is 18.5. The molecule has 1 saturated heterocycles. The first-order chi connectivity index (χ1) is 11.4. The minimum atomic E-state index is -1.06. The number of nitrogens with zero attached hydrogens (tertiary/aromatic N) is 1. The van der Waals surface area contributed by atoms with E-state index in [4.69, 9.17) is 5.11 Å². The first-order valence-electron chi connectivity index (χ1n) is 7.26. The highest BCUT2D eigenvalue weighted by Crippen LogP contribution is 2.26. The van der Waals surface area contributed by atoms with Gasteiger partial charge in [0.05, 0.1) is 11.1 Å². The molecule has 8 heteroatoms. The van der Waals surface area contributed by atoms with Gasteiger partial charge in [-0.1, -0.05) is 42.1 Å². The molecular formula is C16H17NO5S2. The number of amides is 1. The van der Waals surface area contributed by atoms with Gasteiger partial charge in [0.2, 0.25) is 5.91 Å². The van der Waals surface area contributed by atoms with Crippen molar-refractivity contribution >= 4 is 46.3 Å². The minimum absolute atomic E-state index is 0.192. The Bertz CT molecular complexity index is 649. The van der Waals surface area contributed by atoms with Crippen molar-refractivity contribution in [1.82, 2.24) is 4.90 Å². The van der Waals surface area contributed by atoms with E-state index >= 15 is 0 Å². The fourth-order valence-electron chi connectivity index (χ4n) is 2.35. The summed E-state index contributed by atoms with van der Waals surface area (Å²) in [5.74, 6) is -1.16. The molecule has 1 unspecified atom stereocenters. The van der Waals surface area contributed by atoms with Crippen molar-refractivity contribution in [3.8, 4) is 0 Å². The van der Waals surface area contributed by atoms with E-state index in [1.165, 1.54) is 23.6 Å². The molecule has 1 fully saturated rings. The third-order valence-corrected chi connectivity index (χ3v) is 5.52. The molecule has 1 aliphatic rings. The van der Waals surface area contributed by atoms with Gasteiger partial charge in [0.25, 0.3) is 0 Å². The Morgan fingerprint density at radius 2 is 1.96 bits per heavy atom. The van der Waals surface area contributed by atoms with E-state index in [2.05, 4.69) is 0 Å². The van der Waals surface area contributed by atoms with Crippen LogP contribution in [0.4, 0.5) is 0 Å². The summed E-state index contributed by atoms with van der Waals surface area (Å²) in [6.45, 7) is 1.34. The molecule has 0 aromatic heterocycles. The second-order valence-corrected chi connectivity index (χ2v) is 7.63. The lowest BCUT2D eigenvalue weighted by Crippen LogP contribution is -2.43. The van der Waals surface area contributed by atoms with Gasteiger partial charge in [-0.2, -0.15) is 0 Å². The molecule has 1 aromatic carbocycles. The Hall–Kier alpha value is -1.80. The topological polar surface area (TPSA) is 91.8 Å². The Kier molecular flexibility index (Phi) is 6.44. The van der Waals surface area contributed by atoms with Gasteiger partial charge < -0.3 is 10.0 Å². The van der Waals surface area contributed by atoms with E-state index in [0.717, 1.165) is 11.8 Å². The van der Waals surface area contributed by atoms with E-state index in [9.17, 15) is 19.2 Å². The Morgan fingerprint density at radius 3 is 2.54 bits per heavy atom. The number of Topliss-reactive ketones (excluding diaryl/α,β-unsaturated/α-hetero) is 1. The molecule has 128 valence electrons. The zero-order chi connectivity index (χ0) is 17.7. The lowest BCUT2D eigenvalue weighted by atomic mass is 10.1. The fraction of sp³-hybridized carbons (Fsp3) is 0.375. The van der Waals surface area contributed by atoms with Crippen LogP contribution in [0.15, 0.2) is 30.3 Å². The summed E-state index contributed by atoms with van der Waals surface area (Å²) in [5.41, 5.74) is 0.426. The van der Waals surface area contributed by atoms with Crippen LogP contribution in [0.2, 0.25) is 0 Å². The van der Waals surface area contributed by atoms with E-state index in [1.54, 1.807) is 30.3 Å². The molecule has 1 amide bonds. The summed E-state index contributed by atoms with van der Waals surface area (Å²) in [4.78, 5) is 49.0. The van der Waals surface area contributed by atoms with E-state index in [0.29, 0.717) is 11.3 Å². The lowest BCUT2D eigenvalue weighted by molar-refractivity contribution is -0.147. The number of benzene rings is 1. The third-order valence-electron chi connectivity index (χ3n) is 3.51. The molecule has 0 spiro atoms. The van der Waals surface area contributed by atoms with Crippen molar-refractivity contribution in [2.24, 2.45) is 0 Å². The van der Waals surface area contributed by atoms with Crippen LogP contribution in [0, 0.1) is 0 Å². The molecule has 6 nitrogen and oxygen atoms in total. The molecule has 2 atom stereocenters. The van der Waals surface area contributed by atoms with Crippen molar-refractivity contribution in [3.05, 3.63) is 35.9 Å². The average molecular weight is 367 g/mol. The maximum absolute atomic E-state index is 12.6. The molecule has 0 aliphatic carbocycles. The number of carbonyl (C=O) groups is 4. The number of ketones is 1. The highest BCUT2D eigenvalue weighted by Gasteiger charge is 2.36. The summed E-state index contributed by atoms with van der Waals surface area (Å²) in [6, 6.07) is 7.58. The molecule has 1 aromatic rings. The number of thioether (sulfide) groups is 2. The smallest absolute Gasteiger partial charge is 0.327 e. The second kappa shape index (κ2) is 8.34. The summed E-state index contributed by atoms with van der Waals surface area (Å²) in [6.07, 6.45) is -0.192. The Morgan fingerprint density at radius 1 is 1.29 bits per heavy atom. The quantitative estimate of drug-likeness (QED) is 0.768. The van der Waals surface area contributed by atoms with Crippen LogP contribution in [0.5, 0.6) is 0 Å². The van der Waals surface area contributed by atoms with Crippen LogP contribution < -0.4 is 0 Å². The van der Waals surface area contributed by atoms with E-state index in [-0.39, 0.29) is 23.2 Å². The van der Waals surface area contributed by atoms with E-state index in [1.807, 2.05) is 0 Å². The molecule has 1 N–H and O–H groups in total. The molecule has 1 heterocycles. The van der Waals surface area contributed by atoms with Gasteiger partial charge in [-0.15, -0.1) is 11.8 Å². The normalized spacial score (nSPS) is 18.2. The maximum Gasteiger partial charge on any atom is 0.327 e. The number of carboxylic acid groups (broad SMARTS) is 1. The number of hydrogen-bond acceptors (Lipinski definition) is 6. The summed E-state index contributed by atoms with van der Waals surface area (Å²) in [5, 5.41) is 8.05. The number of carbonyl (C=O) groups excluding carboxylic acids is 3. The summed E-state index contributed by atoms with van der Waals surface area (Å²) in [7, 11) is 0. The van der Waals surface area contributed by atoms with Crippen molar-refractivity contribution in [2.75, 3.05) is 11.6 Å². The molecule has 0 saturated carbocycles. The number of rotatable bonds is 6. The first-order valence-corrected chi connectivity index (χ1v) is 9.30. The highest BCUT2D eigenvalue weighted by atomic mass is 32.2. The van der Waals surface area contributed by atoms with Crippen LogP contribution in [0.3, 0.4) is 0 Å². The zero-order valence-electron chi connectivity index (χ0n) is 13.0. The monoisotopic (exact) mass is 367 g/mol. The largest absolute Gasteiger partial charge is 0.480 e. The van der Waals surface area contributed by atoms with Crippen molar-refractivity contribution in [2.45, 2.75) is 24.6 Å². The molecule has 24 heavy (non-hydrogen) atoms. The molecule has 0 radical (unpaired) electrons. The van der Waals surface area contributed by atoms with Crippen LogP contribution in [-0.4, -0.2) is 55.7 Å². The van der Waals surface area contributed by atoms with Gasteiger partial charge in [-0.25, -0.2) is 4.79 Å². The van der Waals surface area contributed by atoms with Crippen molar-refractivity contribution in [3.63, 3.8) is 0 Å². The van der Waals surface area contributed by atoms with Crippen molar-refractivity contribution < 1.29 is 24.3 Å². The van der Waals surface area contributed by atoms with Gasteiger partial charge in [-0.3, -0.25) is 14.4 Å². The van der Waals surface area contributed by atoms with Crippen LogP contribution in [0.1, 0.15) is 23.7 Å². The van der Waals surface area contributed by atoms with Crippen LogP contribution in [-0.2, 0) is 14.4 Å². The molecule has 2 rings (SSSR count). The second-order valence-electron chi connectivity index (χ2n) is 5.25. The van der Waals surface area contributed by atoms with Crippen LogP contribution in [0.25, 0.3) is 0 Å². The maximum atomic E-state index is 12.6. The van der Waals surface area contributed by atoms with Crippen LogP contribution >= 0.6 is 23.5 Å². The SMILES string of the molecule is CC(=O)SC(CC(=O)N1CSC[C@H]1C(=O)O)C(=O)c1ccccc1. The Labute approximate surface area is 148 Å². The van der Waals surface area contributed by atoms with Gasteiger partial charge in [0.15, 0.2) is 10.9 Å². The van der Waals surface area contributed by atoms with E-state index < -0.39 is 23.2 Å². The molecule has 0 bridgehead atoms. The minimum Gasteiger partial charge on any atom is -0.480 e. The third kappa shape index (κ3) is 4.61. The number of aliphatic carboxylic acids is 1. The van der Waals surface area contributed by atoms with Gasteiger partial charge >= 0.3 is 5.97 Å². The predicted octanol–water partition coefficient (Wildman–Crippen LogP) is 1.89. The van der Waals surface area contributed by atoms with Gasteiger partial charge in [0, 0.05) is 24.7 Å². The summed E-state index contributed by atoms with van der Waals surface area (Å²) < 4.78 is 0. The number of hydrogen-bond donors (Lipinski definition) is 1. The average Bonchev–Trinajstić information content (AvgIpc) is 3.04. The van der Waals surface area contributed by atoms with Crippen molar-refractivity contribution in [1.29, 1.82) is 0 Å². The van der Waals surface area contributed by atoms with Gasteiger partial charge in [-0.05, 0) is 0 Å². The predicted molar refractivity (Wildman–Crippen MR) is 93.0 cm³/mol. The lowest BCUT2D eigenvalue weighted by Gasteiger charge is -2.22. The zero-order valence-corrected chi connectivity index (χ0v) is 14.6. The number of carboxylic acids is 1. The molecule has 1 aliphatic heterocycles. The fourth-order valence-corrected chi connectivity index (χ4v) is 4.39. The Balaban J connectivity index is 2.14. The highest BCUT2D eigenvalue weighted by molar-refractivity contribution is 8.14.